The standard InChI is InChI=1S/C18H28NO6P/c1-17(2,3)25-16(20)19-14(13-11-9-8-10-12-13)15(24-18(19,4)5)26(21,22-6)23-7/h8-12,14-15H,1-7H3/t14-,15-/m1/s1. The van der Waals surface area contributed by atoms with E-state index < -0.39 is 36.9 Å². The lowest BCUT2D eigenvalue weighted by Gasteiger charge is -2.35. The highest BCUT2D eigenvalue weighted by molar-refractivity contribution is 7.54. The Bertz CT molecular complexity index is 677. The topological polar surface area (TPSA) is 74.3 Å². The predicted octanol–water partition coefficient (Wildman–Crippen LogP) is 4.54. The summed E-state index contributed by atoms with van der Waals surface area (Å²) in [6.45, 7) is 8.82. The molecule has 1 heterocycles. The van der Waals surface area contributed by atoms with E-state index in [-0.39, 0.29) is 0 Å². The Balaban J connectivity index is 2.56. The van der Waals surface area contributed by atoms with Crippen molar-refractivity contribution < 1.29 is 27.9 Å². The Morgan fingerprint density at radius 2 is 1.69 bits per heavy atom. The van der Waals surface area contributed by atoms with E-state index in [0.29, 0.717) is 0 Å². The van der Waals surface area contributed by atoms with Gasteiger partial charge in [-0.2, -0.15) is 0 Å². The molecule has 146 valence electrons. The zero-order valence-electron chi connectivity index (χ0n) is 16.4. The SMILES string of the molecule is COP(=O)(OC)[C@H]1OC(C)(C)N(C(=O)OC(C)(C)C)[C@@H]1c1ccccc1. The van der Waals surface area contributed by atoms with Gasteiger partial charge in [-0.15, -0.1) is 0 Å². The van der Waals surface area contributed by atoms with E-state index in [1.807, 2.05) is 30.3 Å². The van der Waals surface area contributed by atoms with Crippen LogP contribution in [-0.4, -0.2) is 42.4 Å². The van der Waals surface area contributed by atoms with E-state index in [4.69, 9.17) is 18.5 Å². The average Bonchev–Trinajstić information content (AvgIpc) is 2.85. The molecule has 0 spiro atoms. The summed E-state index contributed by atoms with van der Waals surface area (Å²) >= 11 is 0. The minimum absolute atomic E-state index is 0.558. The van der Waals surface area contributed by atoms with E-state index in [0.717, 1.165) is 5.56 Å². The summed E-state index contributed by atoms with van der Waals surface area (Å²) in [7, 11) is -1.02. The number of ether oxygens (including phenoxy) is 2. The third kappa shape index (κ3) is 4.12. The van der Waals surface area contributed by atoms with E-state index in [2.05, 4.69) is 0 Å². The van der Waals surface area contributed by atoms with Gasteiger partial charge >= 0.3 is 13.7 Å². The van der Waals surface area contributed by atoms with E-state index in [9.17, 15) is 9.36 Å². The smallest absolute Gasteiger partial charge is 0.413 e. The molecule has 0 aromatic heterocycles. The first-order valence-corrected chi connectivity index (χ1v) is 10.0. The fourth-order valence-corrected chi connectivity index (χ4v) is 4.61. The zero-order valence-corrected chi connectivity index (χ0v) is 17.3. The molecule has 26 heavy (non-hydrogen) atoms. The van der Waals surface area contributed by atoms with Gasteiger partial charge in [0.2, 0.25) is 0 Å². The summed E-state index contributed by atoms with van der Waals surface area (Å²) in [6.07, 6.45) is -0.558. The second kappa shape index (κ2) is 7.31. The second-order valence-electron chi connectivity index (χ2n) is 7.57. The van der Waals surface area contributed by atoms with Crippen molar-refractivity contribution >= 4 is 13.7 Å². The largest absolute Gasteiger partial charge is 0.444 e. The molecule has 0 N–H and O–H groups in total. The molecule has 1 saturated heterocycles. The third-order valence-electron chi connectivity index (χ3n) is 4.09. The highest BCUT2D eigenvalue weighted by Gasteiger charge is 2.58. The molecule has 1 aromatic carbocycles. The van der Waals surface area contributed by atoms with Gasteiger partial charge in [0.15, 0.2) is 5.85 Å². The highest BCUT2D eigenvalue weighted by Crippen LogP contribution is 2.62. The van der Waals surface area contributed by atoms with Crippen molar-refractivity contribution in [3.63, 3.8) is 0 Å². The molecule has 7 nitrogen and oxygen atoms in total. The lowest BCUT2D eigenvalue weighted by atomic mass is 10.1. The number of nitrogens with zero attached hydrogens (tertiary/aromatic N) is 1. The molecule has 2 atom stereocenters. The highest BCUT2D eigenvalue weighted by atomic mass is 31.2. The number of carbonyl (C=O) groups is 1. The molecule has 0 radical (unpaired) electrons. The van der Waals surface area contributed by atoms with Crippen LogP contribution in [0, 0.1) is 0 Å². The summed E-state index contributed by atoms with van der Waals surface area (Å²) < 4.78 is 35.1. The maximum atomic E-state index is 13.1. The van der Waals surface area contributed by atoms with Gasteiger partial charge in [0.1, 0.15) is 17.4 Å². The molecular weight excluding hydrogens is 357 g/mol. The quantitative estimate of drug-likeness (QED) is 0.708. The Hall–Kier alpha value is -1.40. The van der Waals surface area contributed by atoms with Gasteiger partial charge in [-0.1, -0.05) is 30.3 Å². The number of benzene rings is 1. The predicted molar refractivity (Wildman–Crippen MR) is 97.8 cm³/mol. The maximum Gasteiger partial charge on any atom is 0.413 e. The second-order valence-corrected chi connectivity index (χ2v) is 9.88. The van der Waals surface area contributed by atoms with Crippen LogP contribution < -0.4 is 0 Å². The molecule has 8 heteroatoms. The number of amides is 1. The molecule has 1 fully saturated rings. The molecule has 1 amide bonds. The molecule has 1 aliphatic rings. The van der Waals surface area contributed by atoms with Crippen molar-refractivity contribution in [2.45, 2.75) is 57.8 Å². The lowest BCUT2D eigenvalue weighted by Crippen LogP contribution is -2.47. The Labute approximate surface area is 155 Å². The summed E-state index contributed by atoms with van der Waals surface area (Å²) in [4.78, 5) is 14.4. The minimum Gasteiger partial charge on any atom is -0.444 e. The van der Waals surface area contributed by atoms with Crippen molar-refractivity contribution in [2.24, 2.45) is 0 Å². The van der Waals surface area contributed by atoms with Crippen LogP contribution in [0.1, 0.15) is 46.2 Å². The molecular formula is C18H28NO6P. The maximum absolute atomic E-state index is 13.1. The van der Waals surface area contributed by atoms with Crippen LogP contribution in [0.3, 0.4) is 0 Å². The van der Waals surface area contributed by atoms with Crippen LogP contribution >= 0.6 is 7.60 Å². The number of hydrogen-bond donors (Lipinski definition) is 0. The summed E-state index contributed by atoms with van der Waals surface area (Å²) in [6, 6.07) is 8.55. The summed E-state index contributed by atoms with van der Waals surface area (Å²) in [5, 5.41) is 0. The molecule has 0 saturated carbocycles. The molecule has 0 unspecified atom stereocenters. The Kier molecular flexibility index (Phi) is 5.88. The molecule has 0 bridgehead atoms. The number of hydrogen-bond acceptors (Lipinski definition) is 6. The van der Waals surface area contributed by atoms with Crippen LogP contribution in [0.15, 0.2) is 30.3 Å². The van der Waals surface area contributed by atoms with Gasteiger partial charge in [-0.25, -0.2) is 4.79 Å². The fourth-order valence-electron chi connectivity index (χ4n) is 3.01. The van der Waals surface area contributed by atoms with Gasteiger partial charge in [-0.05, 0) is 40.2 Å². The van der Waals surface area contributed by atoms with E-state index >= 15 is 0 Å². The minimum atomic E-state index is -3.63. The van der Waals surface area contributed by atoms with Crippen molar-refractivity contribution in [3.05, 3.63) is 35.9 Å². The van der Waals surface area contributed by atoms with Crippen LogP contribution in [0.5, 0.6) is 0 Å². The first kappa shape index (κ1) is 20.9. The van der Waals surface area contributed by atoms with Crippen LogP contribution in [0.2, 0.25) is 0 Å². The fraction of sp³-hybridized carbons (Fsp3) is 0.611. The van der Waals surface area contributed by atoms with Gasteiger partial charge in [0, 0.05) is 14.2 Å². The number of carbonyl (C=O) groups excluding carboxylic acids is 1. The van der Waals surface area contributed by atoms with Gasteiger partial charge in [-0.3, -0.25) is 9.46 Å². The van der Waals surface area contributed by atoms with Gasteiger partial charge in [0.05, 0.1) is 0 Å². The lowest BCUT2D eigenvalue weighted by molar-refractivity contribution is -0.0707. The first-order chi connectivity index (χ1) is 11.9. The van der Waals surface area contributed by atoms with Crippen LogP contribution in [0.4, 0.5) is 4.79 Å². The van der Waals surface area contributed by atoms with Gasteiger partial charge in [0.25, 0.3) is 0 Å². The van der Waals surface area contributed by atoms with Crippen molar-refractivity contribution in [1.82, 2.24) is 4.90 Å². The monoisotopic (exact) mass is 385 g/mol. The molecule has 1 aliphatic heterocycles. The van der Waals surface area contributed by atoms with Crippen LogP contribution in [-0.2, 0) is 23.1 Å². The number of rotatable bonds is 4. The zero-order chi connectivity index (χ0) is 19.8. The van der Waals surface area contributed by atoms with E-state index in [1.165, 1.54) is 19.1 Å². The van der Waals surface area contributed by atoms with Gasteiger partial charge < -0.3 is 18.5 Å². The van der Waals surface area contributed by atoms with Crippen molar-refractivity contribution in [3.8, 4) is 0 Å². The summed E-state index contributed by atoms with van der Waals surface area (Å²) in [5.74, 6) is -0.984. The molecule has 1 aromatic rings. The van der Waals surface area contributed by atoms with E-state index in [1.54, 1.807) is 34.6 Å². The third-order valence-corrected chi connectivity index (χ3v) is 6.12. The van der Waals surface area contributed by atoms with Crippen molar-refractivity contribution in [1.29, 1.82) is 0 Å². The van der Waals surface area contributed by atoms with Crippen LogP contribution in [0.25, 0.3) is 0 Å². The normalized spacial score (nSPS) is 23.1. The Morgan fingerprint density at radius 3 is 2.15 bits per heavy atom. The van der Waals surface area contributed by atoms with Crippen molar-refractivity contribution in [2.75, 3.05) is 14.2 Å². The molecule has 0 aliphatic carbocycles. The Morgan fingerprint density at radius 1 is 1.15 bits per heavy atom. The average molecular weight is 385 g/mol. The first-order valence-electron chi connectivity index (χ1n) is 8.41. The summed E-state index contributed by atoms with van der Waals surface area (Å²) in [5.41, 5.74) is -0.998. The molecule has 2 rings (SSSR count).